The Morgan fingerprint density at radius 3 is 2.86 bits per heavy atom. The quantitative estimate of drug-likeness (QED) is 0.851. The first kappa shape index (κ1) is 13.8. The number of nitrogens with zero attached hydrogens (tertiary/aromatic N) is 1. The molecule has 6 heteroatoms. The molecule has 0 atom stereocenters. The van der Waals surface area contributed by atoms with Gasteiger partial charge in [-0.1, -0.05) is 11.2 Å². The van der Waals surface area contributed by atoms with Crippen molar-refractivity contribution in [3.05, 3.63) is 23.9 Å². The van der Waals surface area contributed by atoms with Gasteiger partial charge in [-0.05, 0) is 24.6 Å². The van der Waals surface area contributed by atoms with Crippen LogP contribution in [0.3, 0.4) is 0 Å². The van der Waals surface area contributed by atoms with Crippen molar-refractivity contribution < 1.29 is 18.7 Å². The zero-order valence-corrected chi connectivity index (χ0v) is 11.9. The summed E-state index contributed by atoms with van der Waals surface area (Å²) in [7, 11) is 0. The zero-order chi connectivity index (χ0) is 14.7. The van der Waals surface area contributed by atoms with E-state index in [9.17, 15) is 0 Å². The van der Waals surface area contributed by atoms with Crippen LogP contribution < -0.4 is 15.2 Å². The largest absolute Gasteiger partial charge is 0.486 e. The number of anilines is 1. The fraction of sp³-hybridized carbons (Fsp3) is 0.400. The highest BCUT2D eigenvalue weighted by atomic mass is 16.6. The van der Waals surface area contributed by atoms with Crippen LogP contribution in [-0.2, 0) is 11.2 Å². The monoisotopic (exact) mass is 290 g/mol. The first-order valence-electron chi connectivity index (χ1n) is 7.01. The minimum absolute atomic E-state index is 0.304. The average Bonchev–Trinajstić information content (AvgIpc) is 2.88. The second-order valence-electron chi connectivity index (χ2n) is 4.67. The SMILES string of the molecule is CCOCCc1noc(N)c1-c1ccc2c(c1)OCCO2. The van der Waals surface area contributed by atoms with Gasteiger partial charge in [0.1, 0.15) is 13.2 Å². The summed E-state index contributed by atoms with van der Waals surface area (Å²) in [5, 5.41) is 4.02. The van der Waals surface area contributed by atoms with Crippen LogP contribution in [0.2, 0.25) is 0 Å². The lowest BCUT2D eigenvalue weighted by molar-refractivity contribution is 0.149. The van der Waals surface area contributed by atoms with E-state index in [4.69, 9.17) is 24.5 Å². The van der Waals surface area contributed by atoms with Crippen molar-refractivity contribution in [2.24, 2.45) is 0 Å². The van der Waals surface area contributed by atoms with Gasteiger partial charge in [-0.3, -0.25) is 0 Å². The lowest BCUT2D eigenvalue weighted by Gasteiger charge is -2.18. The number of ether oxygens (including phenoxy) is 3. The molecule has 0 unspecified atom stereocenters. The van der Waals surface area contributed by atoms with Gasteiger partial charge in [0, 0.05) is 13.0 Å². The van der Waals surface area contributed by atoms with Gasteiger partial charge >= 0.3 is 0 Å². The molecule has 0 saturated carbocycles. The van der Waals surface area contributed by atoms with Crippen LogP contribution in [0.15, 0.2) is 22.7 Å². The molecule has 1 aromatic heterocycles. The number of hydrogen-bond acceptors (Lipinski definition) is 6. The van der Waals surface area contributed by atoms with E-state index in [1.165, 1.54) is 0 Å². The average molecular weight is 290 g/mol. The Bertz CT molecular complexity index is 624. The number of hydrogen-bond donors (Lipinski definition) is 1. The molecular weight excluding hydrogens is 272 g/mol. The Morgan fingerprint density at radius 2 is 2.05 bits per heavy atom. The fourth-order valence-electron chi connectivity index (χ4n) is 2.33. The van der Waals surface area contributed by atoms with Gasteiger partial charge in [0.05, 0.1) is 17.9 Å². The number of nitrogens with two attached hydrogens (primary N) is 1. The van der Waals surface area contributed by atoms with Crippen molar-refractivity contribution in [3.8, 4) is 22.6 Å². The van der Waals surface area contributed by atoms with Gasteiger partial charge in [-0.2, -0.15) is 0 Å². The molecule has 0 bridgehead atoms. The van der Waals surface area contributed by atoms with Crippen LogP contribution in [0, 0.1) is 0 Å². The molecule has 0 fully saturated rings. The minimum Gasteiger partial charge on any atom is -0.486 e. The highest BCUT2D eigenvalue weighted by Gasteiger charge is 2.19. The molecule has 1 aromatic carbocycles. The van der Waals surface area contributed by atoms with E-state index in [1.807, 2.05) is 25.1 Å². The van der Waals surface area contributed by atoms with E-state index in [2.05, 4.69) is 5.16 Å². The van der Waals surface area contributed by atoms with Gasteiger partial charge in [-0.25, -0.2) is 0 Å². The molecule has 2 aromatic rings. The summed E-state index contributed by atoms with van der Waals surface area (Å²) in [4.78, 5) is 0. The second-order valence-corrected chi connectivity index (χ2v) is 4.67. The highest BCUT2D eigenvalue weighted by molar-refractivity contribution is 5.77. The van der Waals surface area contributed by atoms with E-state index < -0.39 is 0 Å². The predicted molar refractivity (Wildman–Crippen MR) is 77.5 cm³/mol. The lowest BCUT2D eigenvalue weighted by Crippen LogP contribution is -2.15. The predicted octanol–water partition coefficient (Wildman–Crippen LogP) is 2.27. The number of fused-ring (bicyclic) bond motifs is 1. The molecule has 1 aliphatic heterocycles. The van der Waals surface area contributed by atoms with Crippen LogP contribution in [-0.4, -0.2) is 31.6 Å². The third-order valence-electron chi connectivity index (χ3n) is 3.31. The van der Waals surface area contributed by atoms with Crippen molar-refractivity contribution in [2.75, 3.05) is 32.2 Å². The second kappa shape index (κ2) is 6.05. The molecule has 6 nitrogen and oxygen atoms in total. The smallest absolute Gasteiger partial charge is 0.230 e. The molecule has 0 spiro atoms. The molecular formula is C15H18N2O4. The van der Waals surface area contributed by atoms with Crippen molar-refractivity contribution in [1.82, 2.24) is 5.16 Å². The molecule has 0 aliphatic carbocycles. The number of nitrogen functional groups attached to an aromatic ring is 1. The van der Waals surface area contributed by atoms with E-state index >= 15 is 0 Å². The molecule has 21 heavy (non-hydrogen) atoms. The molecule has 0 amide bonds. The normalized spacial score (nSPS) is 13.4. The fourth-order valence-corrected chi connectivity index (χ4v) is 2.33. The van der Waals surface area contributed by atoms with Gasteiger partial charge in [0.25, 0.3) is 0 Å². The summed E-state index contributed by atoms with van der Waals surface area (Å²) in [6.07, 6.45) is 0.651. The van der Waals surface area contributed by atoms with Crippen molar-refractivity contribution in [1.29, 1.82) is 0 Å². The lowest BCUT2D eigenvalue weighted by atomic mass is 10.0. The Labute approximate surface area is 122 Å². The molecule has 3 rings (SSSR count). The summed E-state index contributed by atoms with van der Waals surface area (Å²) in [5.74, 6) is 1.77. The molecule has 2 heterocycles. The van der Waals surface area contributed by atoms with E-state index in [-0.39, 0.29) is 0 Å². The minimum atomic E-state index is 0.304. The molecule has 1 aliphatic rings. The zero-order valence-electron chi connectivity index (χ0n) is 11.9. The van der Waals surface area contributed by atoms with Gasteiger partial charge in [-0.15, -0.1) is 0 Å². The van der Waals surface area contributed by atoms with Crippen molar-refractivity contribution in [2.45, 2.75) is 13.3 Å². The Hall–Kier alpha value is -2.21. The molecule has 0 saturated heterocycles. The van der Waals surface area contributed by atoms with Crippen LogP contribution in [0.5, 0.6) is 11.5 Å². The first-order valence-corrected chi connectivity index (χ1v) is 7.01. The molecule has 112 valence electrons. The van der Waals surface area contributed by atoms with Crippen LogP contribution in [0.25, 0.3) is 11.1 Å². The standard InChI is InChI=1S/C15H18N2O4/c1-2-18-6-5-11-14(15(16)21-17-11)10-3-4-12-13(9-10)20-8-7-19-12/h3-4,9H,2,5-8,16H2,1H3. The topological polar surface area (TPSA) is 79.7 Å². The number of benzene rings is 1. The van der Waals surface area contributed by atoms with Crippen molar-refractivity contribution >= 4 is 5.88 Å². The summed E-state index contributed by atoms with van der Waals surface area (Å²) >= 11 is 0. The maximum Gasteiger partial charge on any atom is 0.230 e. The van der Waals surface area contributed by atoms with E-state index in [0.717, 1.165) is 28.3 Å². The van der Waals surface area contributed by atoms with Gasteiger partial charge in [0.2, 0.25) is 5.88 Å². The van der Waals surface area contributed by atoms with Crippen LogP contribution >= 0.6 is 0 Å². The van der Waals surface area contributed by atoms with Gasteiger partial charge in [0.15, 0.2) is 11.5 Å². The van der Waals surface area contributed by atoms with Crippen LogP contribution in [0.4, 0.5) is 5.88 Å². The number of rotatable bonds is 5. The van der Waals surface area contributed by atoms with E-state index in [1.54, 1.807) is 0 Å². The van der Waals surface area contributed by atoms with Crippen molar-refractivity contribution in [3.63, 3.8) is 0 Å². The summed E-state index contributed by atoms with van der Waals surface area (Å²) in [6.45, 7) is 4.33. The number of aromatic nitrogens is 1. The molecule has 2 N–H and O–H groups in total. The summed E-state index contributed by atoms with van der Waals surface area (Å²) in [5.41, 5.74) is 8.41. The summed E-state index contributed by atoms with van der Waals surface area (Å²) in [6, 6.07) is 5.71. The first-order chi connectivity index (χ1) is 10.3. The maximum absolute atomic E-state index is 5.91. The van der Waals surface area contributed by atoms with Crippen LogP contribution in [0.1, 0.15) is 12.6 Å². The molecule has 0 radical (unpaired) electrons. The third-order valence-corrected chi connectivity index (χ3v) is 3.31. The Morgan fingerprint density at radius 1 is 1.24 bits per heavy atom. The Kier molecular flexibility index (Phi) is 3.96. The highest BCUT2D eigenvalue weighted by Crippen LogP contribution is 2.37. The van der Waals surface area contributed by atoms with Gasteiger partial charge < -0.3 is 24.5 Å². The Balaban J connectivity index is 1.90. The summed E-state index contributed by atoms with van der Waals surface area (Å²) < 4.78 is 21.6. The maximum atomic E-state index is 5.91. The third kappa shape index (κ3) is 2.80. The van der Waals surface area contributed by atoms with E-state index in [0.29, 0.717) is 38.7 Å².